The molecule has 14 heavy (non-hydrogen) atoms. The van der Waals surface area contributed by atoms with E-state index in [-0.39, 0.29) is 13.0 Å². The zero-order valence-electron chi connectivity index (χ0n) is 8.53. The fourth-order valence-corrected chi connectivity index (χ4v) is 0.910. The van der Waals surface area contributed by atoms with E-state index in [4.69, 9.17) is 15.9 Å². The third kappa shape index (κ3) is 4.85. The Morgan fingerprint density at radius 3 is 2.64 bits per heavy atom. The lowest BCUT2D eigenvalue weighted by molar-refractivity contribution is -0.153. The first-order chi connectivity index (χ1) is 6.63. The summed E-state index contributed by atoms with van der Waals surface area (Å²) >= 11 is 0. The highest BCUT2D eigenvalue weighted by Gasteiger charge is 2.23. The number of rotatable bonds is 6. The molecule has 0 fully saturated rings. The zero-order chi connectivity index (χ0) is 11.0. The van der Waals surface area contributed by atoms with Gasteiger partial charge in [0.15, 0.2) is 0 Å². The topological polar surface area (TPSA) is 55.8 Å². The Kier molecular flexibility index (Phi) is 6.81. The molecule has 0 aliphatic carbocycles. The van der Waals surface area contributed by atoms with E-state index in [1.54, 1.807) is 0 Å². The normalized spacial score (nSPS) is 14.1. The molecule has 80 valence electrons. The molecule has 0 radical (unpaired) electrons. The lowest BCUT2D eigenvalue weighted by Crippen LogP contribution is -2.28. The fourth-order valence-electron chi connectivity index (χ4n) is 0.910. The Bertz CT molecular complexity index is 205. The molecule has 0 aromatic rings. The Labute approximate surface area is 84.2 Å². The van der Waals surface area contributed by atoms with Gasteiger partial charge in [0, 0.05) is 13.5 Å². The molecule has 2 atom stereocenters. The van der Waals surface area contributed by atoms with Crippen LogP contribution in [0.15, 0.2) is 0 Å². The summed E-state index contributed by atoms with van der Waals surface area (Å²) in [7, 11) is 1.52. The van der Waals surface area contributed by atoms with Crippen molar-refractivity contribution in [3.8, 4) is 12.3 Å². The van der Waals surface area contributed by atoms with E-state index < -0.39 is 18.0 Å². The van der Waals surface area contributed by atoms with Gasteiger partial charge in [0.05, 0.1) is 18.6 Å². The average Bonchev–Trinajstić information content (AvgIpc) is 2.13. The minimum absolute atomic E-state index is 0.184. The van der Waals surface area contributed by atoms with Crippen molar-refractivity contribution in [2.45, 2.75) is 19.4 Å². The molecule has 0 unspecified atom stereocenters. The molecule has 1 N–H and O–H groups in total. The van der Waals surface area contributed by atoms with E-state index in [1.165, 1.54) is 14.0 Å². The van der Waals surface area contributed by atoms with Gasteiger partial charge < -0.3 is 14.6 Å². The van der Waals surface area contributed by atoms with E-state index in [0.29, 0.717) is 6.61 Å². The number of carbonyl (C=O) groups is 1. The van der Waals surface area contributed by atoms with Crippen molar-refractivity contribution in [1.82, 2.24) is 0 Å². The predicted octanol–water partition coefficient (Wildman–Crippen LogP) is 0.196. The number of esters is 1. The highest BCUT2D eigenvalue weighted by Crippen LogP contribution is 2.10. The molecule has 0 saturated carbocycles. The first-order valence-electron chi connectivity index (χ1n) is 4.40. The number of hydrogen-bond donors (Lipinski definition) is 1. The summed E-state index contributed by atoms with van der Waals surface area (Å²) in [6, 6.07) is 0. The van der Waals surface area contributed by atoms with Gasteiger partial charge in [-0.25, -0.2) is 0 Å². The zero-order valence-corrected chi connectivity index (χ0v) is 8.53. The fraction of sp³-hybridized carbons (Fsp3) is 0.700. The smallest absolute Gasteiger partial charge is 0.312 e. The van der Waals surface area contributed by atoms with E-state index in [0.717, 1.165) is 0 Å². The maximum absolute atomic E-state index is 11.3. The summed E-state index contributed by atoms with van der Waals surface area (Å²) in [4.78, 5) is 11.3. The van der Waals surface area contributed by atoms with Crippen LogP contribution < -0.4 is 0 Å². The maximum Gasteiger partial charge on any atom is 0.312 e. The number of carbonyl (C=O) groups excluding carboxylic acids is 1. The highest BCUT2D eigenvalue weighted by molar-refractivity contribution is 5.73. The summed E-state index contributed by atoms with van der Waals surface area (Å²) in [6.45, 7) is 2.04. The van der Waals surface area contributed by atoms with E-state index >= 15 is 0 Å². The quantitative estimate of drug-likeness (QED) is 0.378. The summed E-state index contributed by atoms with van der Waals surface area (Å²) in [5.41, 5.74) is 0. The number of methoxy groups -OCH3 is 1. The average molecular weight is 200 g/mol. The van der Waals surface area contributed by atoms with Crippen LogP contribution in [0.4, 0.5) is 0 Å². The largest absolute Gasteiger partial charge is 0.463 e. The van der Waals surface area contributed by atoms with Crippen molar-refractivity contribution >= 4 is 5.97 Å². The molecule has 0 heterocycles. The summed E-state index contributed by atoms with van der Waals surface area (Å²) in [6.07, 6.45) is 4.46. The standard InChI is InChI=1S/C10H16O4/c1-4-5-9(8(2)11)10(12)14-7-6-13-3/h1,8-9,11H,5-7H2,2-3H3/t8-,9-/m0/s1. The summed E-state index contributed by atoms with van der Waals surface area (Å²) in [5.74, 6) is 1.21. The molecule has 0 saturated heterocycles. The van der Waals surface area contributed by atoms with Crippen molar-refractivity contribution in [3.63, 3.8) is 0 Å². The van der Waals surface area contributed by atoms with Crippen molar-refractivity contribution < 1.29 is 19.4 Å². The third-order valence-corrected chi connectivity index (χ3v) is 1.75. The van der Waals surface area contributed by atoms with Crippen LogP contribution in [0.1, 0.15) is 13.3 Å². The van der Waals surface area contributed by atoms with Crippen LogP contribution in [0.3, 0.4) is 0 Å². The molecule has 0 aliphatic rings. The summed E-state index contributed by atoms with van der Waals surface area (Å²) in [5, 5.41) is 9.24. The predicted molar refractivity (Wildman–Crippen MR) is 51.5 cm³/mol. The molecular formula is C10H16O4. The SMILES string of the molecule is C#CC[C@H](C(=O)OCCOC)[C@H](C)O. The molecule has 0 spiro atoms. The number of terminal acetylenes is 1. The molecule has 0 aromatic carbocycles. The van der Waals surface area contributed by atoms with Crippen LogP contribution >= 0.6 is 0 Å². The van der Waals surface area contributed by atoms with E-state index in [2.05, 4.69) is 5.92 Å². The van der Waals surface area contributed by atoms with Gasteiger partial charge in [0.25, 0.3) is 0 Å². The maximum atomic E-state index is 11.3. The lowest BCUT2D eigenvalue weighted by Gasteiger charge is -2.15. The lowest BCUT2D eigenvalue weighted by atomic mass is 10.0. The van der Waals surface area contributed by atoms with E-state index in [1.807, 2.05) is 0 Å². The van der Waals surface area contributed by atoms with Gasteiger partial charge in [0.1, 0.15) is 6.61 Å². The molecular weight excluding hydrogens is 184 g/mol. The number of aliphatic hydroxyl groups excluding tert-OH is 1. The van der Waals surface area contributed by atoms with Gasteiger partial charge in [-0.1, -0.05) is 0 Å². The van der Waals surface area contributed by atoms with Crippen molar-refractivity contribution in [2.24, 2.45) is 5.92 Å². The Morgan fingerprint density at radius 1 is 1.57 bits per heavy atom. The minimum Gasteiger partial charge on any atom is -0.463 e. The first kappa shape index (κ1) is 12.9. The Hall–Kier alpha value is -1.05. The van der Waals surface area contributed by atoms with Gasteiger partial charge in [-0.15, -0.1) is 12.3 Å². The number of hydrogen-bond acceptors (Lipinski definition) is 4. The van der Waals surface area contributed by atoms with Crippen LogP contribution in [0, 0.1) is 18.3 Å². The van der Waals surface area contributed by atoms with Gasteiger partial charge in [0.2, 0.25) is 0 Å². The third-order valence-electron chi connectivity index (χ3n) is 1.75. The molecule has 0 rings (SSSR count). The summed E-state index contributed by atoms with van der Waals surface area (Å²) < 4.78 is 9.55. The van der Waals surface area contributed by atoms with Gasteiger partial charge in [-0.3, -0.25) is 4.79 Å². The van der Waals surface area contributed by atoms with Gasteiger partial charge >= 0.3 is 5.97 Å². The first-order valence-corrected chi connectivity index (χ1v) is 4.40. The van der Waals surface area contributed by atoms with Crippen molar-refractivity contribution in [2.75, 3.05) is 20.3 Å². The second-order valence-electron chi connectivity index (χ2n) is 2.92. The Balaban J connectivity index is 3.97. The van der Waals surface area contributed by atoms with Crippen LogP contribution in [-0.4, -0.2) is 37.5 Å². The van der Waals surface area contributed by atoms with Crippen molar-refractivity contribution in [3.05, 3.63) is 0 Å². The monoisotopic (exact) mass is 200 g/mol. The molecule has 0 aliphatic heterocycles. The molecule has 4 heteroatoms. The highest BCUT2D eigenvalue weighted by atomic mass is 16.6. The molecule has 0 bridgehead atoms. The van der Waals surface area contributed by atoms with Gasteiger partial charge in [-0.2, -0.15) is 0 Å². The Morgan fingerprint density at radius 2 is 2.21 bits per heavy atom. The molecule has 0 aromatic heterocycles. The van der Waals surface area contributed by atoms with Gasteiger partial charge in [-0.05, 0) is 6.92 Å². The second-order valence-corrected chi connectivity index (χ2v) is 2.92. The molecule has 0 amide bonds. The number of ether oxygens (including phenoxy) is 2. The number of aliphatic hydroxyl groups is 1. The van der Waals surface area contributed by atoms with Crippen LogP contribution in [0.2, 0.25) is 0 Å². The van der Waals surface area contributed by atoms with Crippen molar-refractivity contribution in [1.29, 1.82) is 0 Å². The minimum atomic E-state index is -0.791. The van der Waals surface area contributed by atoms with Crippen LogP contribution in [0.25, 0.3) is 0 Å². The van der Waals surface area contributed by atoms with Crippen LogP contribution in [-0.2, 0) is 14.3 Å². The molecule has 4 nitrogen and oxygen atoms in total. The second kappa shape index (κ2) is 7.36. The van der Waals surface area contributed by atoms with Crippen LogP contribution in [0.5, 0.6) is 0 Å². The van der Waals surface area contributed by atoms with E-state index in [9.17, 15) is 9.90 Å².